The summed E-state index contributed by atoms with van der Waals surface area (Å²) in [6, 6.07) is 11.9. The number of nitrogens with zero attached hydrogens (tertiary/aromatic N) is 3. The van der Waals surface area contributed by atoms with Crippen molar-refractivity contribution in [1.82, 2.24) is 9.90 Å². The van der Waals surface area contributed by atoms with Gasteiger partial charge >= 0.3 is 0 Å². The van der Waals surface area contributed by atoms with Gasteiger partial charge in [0.2, 0.25) is 5.52 Å². The molecule has 0 N–H and O–H groups in total. The largest absolute Gasteiger partial charge is 0.692 e. The van der Waals surface area contributed by atoms with E-state index in [-0.39, 0.29) is 0 Å². The van der Waals surface area contributed by atoms with Crippen LogP contribution in [0.4, 0.5) is 0 Å². The first-order valence-electron chi connectivity index (χ1n) is 5.19. The smallest absolute Gasteiger partial charge is 0.251 e. The first kappa shape index (κ1) is 11.3. The first-order chi connectivity index (χ1) is 8.65. The number of rotatable bonds is 1. The lowest BCUT2D eigenvalue weighted by molar-refractivity contribution is -0.664. The highest BCUT2D eigenvalue weighted by Crippen LogP contribution is 2.17. The summed E-state index contributed by atoms with van der Waals surface area (Å²) in [4.78, 5) is 1.95. The van der Waals surface area contributed by atoms with Crippen LogP contribution < -0.4 is 4.85 Å². The molecule has 0 spiro atoms. The van der Waals surface area contributed by atoms with E-state index in [9.17, 15) is 5.21 Å². The van der Waals surface area contributed by atoms with Crippen molar-refractivity contribution in [3.63, 3.8) is 0 Å². The Bertz CT molecular complexity index is 739. The van der Waals surface area contributed by atoms with Crippen LogP contribution in [0.3, 0.4) is 0 Å². The standard InChI is InChI=1S/C12H7Cl2N3O/c13-8-2-1-3-10(6-8)16-15-11-7-9(14)4-5-12(11)17(16)18/h1-7H. The fraction of sp³-hybridized carbons (Fsp3) is 0. The maximum absolute atomic E-state index is 12.1. The number of benzene rings is 2. The highest BCUT2D eigenvalue weighted by molar-refractivity contribution is 6.31. The van der Waals surface area contributed by atoms with Gasteiger partial charge in [0.05, 0.1) is 5.10 Å². The Kier molecular flexibility index (Phi) is 2.61. The third kappa shape index (κ3) is 1.79. The Morgan fingerprint density at radius 2 is 1.83 bits per heavy atom. The Morgan fingerprint density at radius 1 is 1.06 bits per heavy atom. The lowest BCUT2D eigenvalue weighted by Gasteiger charge is -2.03. The van der Waals surface area contributed by atoms with Gasteiger partial charge in [-0.1, -0.05) is 29.3 Å². The van der Waals surface area contributed by atoms with Crippen molar-refractivity contribution < 1.29 is 4.85 Å². The van der Waals surface area contributed by atoms with Gasteiger partial charge < -0.3 is 5.21 Å². The summed E-state index contributed by atoms with van der Waals surface area (Å²) < 4.78 is 0. The average Bonchev–Trinajstić information content (AvgIpc) is 2.66. The second kappa shape index (κ2) is 4.15. The highest BCUT2D eigenvalue weighted by Gasteiger charge is 2.16. The molecule has 0 aliphatic carbocycles. The monoisotopic (exact) mass is 279 g/mol. The molecule has 0 saturated heterocycles. The predicted octanol–water partition coefficient (Wildman–Crippen LogP) is 2.97. The molecule has 18 heavy (non-hydrogen) atoms. The minimum atomic E-state index is 0.458. The summed E-state index contributed by atoms with van der Waals surface area (Å²) >= 11 is 11.8. The lowest BCUT2D eigenvalue weighted by atomic mass is 10.3. The summed E-state index contributed by atoms with van der Waals surface area (Å²) in [5.74, 6) is 0. The second-order valence-corrected chi connectivity index (χ2v) is 4.65. The molecule has 0 fully saturated rings. The maximum atomic E-state index is 12.1. The van der Waals surface area contributed by atoms with Gasteiger partial charge in [-0.05, 0) is 35.1 Å². The molecule has 0 aliphatic heterocycles. The lowest BCUT2D eigenvalue weighted by Crippen LogP contribution is -2.37. The van der Waals surface area contributed by atoms with Crippen LogP contribution in [-0.2, 0) is 0 Å². The van der Waals surface area contributed by atoms with Crippen molar-refractivity contribution >= 4 is 34.2 Å². The van der Waals surface area contributed by atoms with E-state index in [1.54, 1.807) is 42.5 Å². The molecule has 0 radical (unpaired) electrons. The van der Waals surface area contributed by atoms with Crippen LogP contribution in [0, 0.1) is 5.21 Å². The molecule has 1 aromatic heterocycles. The van der Waals surface area contributed by atoms with Crippen LogP contribution in [0.15, 0.2) is 42.5 Å². The summed E-state index contributed by atoms with van der Waals surface area (Å²) in [5, 5.41) is 17.4. The van der Waals surface area contributed by atoms with E-state index in [0.717, 1.165) is 0 Å². The molecule has 1 heterocycles. The number of halogens is 2. The van der Waals surface area contributed by atoms with Crippen LogP contribution in [0.5, 0.6) is 0 Å². The third-order valence-electron chi connectivity index (χ3n) is 2.56. The molecular weight excluding hydrogens is 273 g/mol. The van der Waals surface area contributed by atoms with Gasteiger partial charge in [-0.2, -0.15) is 0 Å². The average molecular weight is 280 g/mol. The van der Waals surface area contributed by atoms with Crippen LogP contribution in [0.25, 0.3) is 16.7 Å². The van der Waals surface area contributed by atoms with Crippen LogP contribution in [0.2, 0.25) is 10.0 Å². The van der Waals surface area contributed by atoms with Crippen molar-refractivity contribution in [2.24, 2.45) is 0 Å². The number of fused-ring (bicyclic) bond motifs is 1. The van der Waals surface area contributed by atoms with E-state index in [1.807, 2.05) is 0 Å². The van der Waals surface area contributed by atoms with Crippen molar-refractivity contribution in [3.05, 3.63) is 57.7 Å². The molecule has 0 amide bonds. The van der Waals surface area contributed by atoms with Gasteiger partial charge in [0.25, 0.3) is 5.52 Å². The van der Waals surface area contributed by atoms with E-state index >= 15 is 0 Å². The minimum Gasteiger partial charge on any atom is -0.692 e. The summed E-state index contributed by atoms with van der Waals surface area (Å²) in [7, 11) is 0. The zero-order chi connectivity index (χ0) is 12.7. The number of hydrogen-bond acceptors (Lipinski definition) is 2. The number of aromatic nitrogens is 3. The number of hydrogen-bond donors (Lipinski definition) is 0. The van der Waals surface area contributed by atoms with Gasteiger partial charge in [0.15, 0.2) is 0 Å². The van der Waals surface area contributed by atoms with Gasteiger partial charge in [0, 0.05) is 16.1 Å². The van der Waals surface area contributed by atoms with E-state index in [0.29, 0.717) is 31.6 Å². The van der Waals surface area contributed by atoms with Crippen molar-refractivity contribution in [1.29, 1.82) is 0 Å². The summed E-state index contributed by atoms with van der Waals surface area (Å²) in [5.41, 5.74) is 1.60. The fourth-order valence-electron chi connectivity index (χ4n) is 1.75. The molecule has 0 unspecified atom stereocenters. The topological polar surface area (TPSA) is 44.8 Å². The van der Waals surface area contributed by atoms with Gasteiger partial charge in [-0.15, -0.1) is 4.85 Å². The molecule has 90 valence electrons. The van der Waals surface area contributed by atoms with Crippen molar-refractivity contribution in [2.75, 3.05) is 0 Å². The van der Waals surface area contributed by atoms with Crippen LogP contribution in [0.1, 0.15) is 0 Å². The zero-order valence-corrected chi connectivity index (χ0v) is 10.6. The molecular formula is C12H7Cl2N3O. The van der Waals surface area contributed by atoms with E-state index in [1.165, 1.54) is 4.80 Å². The Hall–Kier alpha value is -1.78. The molecule has 2 aromatic carbocycles. The molecule has 0 atom stereocenters. The Morgan fingerprint density at radius 3 is 2.61 bits per heavy atom. The second-order valence-electron chi connectivity index (χ2n) is 3.78. The van der Waals surface area contributed by atoms with Gasteiger partial charge in [0.1, 0.15) is 5.69 Å². The minimum absolute atomic E-state index is 0.458. The molecule has 0 aliphatic rings. The molecule has 6 heteroatoms. The first-order valence-corrected chi connectivity index (χ1v) is 5.95. The normalized spacial score (nSPS) is 11.0. The van der Waals surface area contributed by atoms with Gasteiger partial charge in [-0.3, -0.25) is 0 Å². The summed E-state index contributed by atoms with van der Waals surface area (Å²) in [6.45, 7) is 0. The highest BCUT2D eigenvalue weighted by atomic mass is 35.5. The molecule has 0 bridgehead atoms. The zero-order valence-electron chi connectivity index (χ0n) is 9.05. The SMILES string of the molecule is [O-][n+]1c2ccc(Cl)cc2nn1-c1cccc(Cl)c1. The predicted molar refractivity (Wildman–Crippen MR) is 70.1 cm³/mol. The Labute approximate surface area is 113 Å². The van der Waals surface area contributed by atoms with Crippen molar-refractivity contribution in [3.8, 4) is 5.69 Å². The quantitative estimate of drug-likeness (QED) is 0.508. The molecule has 4 nitrogen and oxygen atoms in total. The third-order valence-corrected chi connectivity index (χ3v) is 3.03. The van der Waals surface area contributed by atoms with Crippen molar-refractivity contribution in [2.45, 2.75) is 0 Å². The van der Waals surface area contributed by atoms with E-state index in [4.69, 9.17) is 23.2 Å². The summed E-state index contributed by atoms with van der Waals surface area (Å²) in [6.07, 6.45) is 0. The Balaban J connectivity index is 2.27. The van der Waals surface area contributed by atoms with Crippen LogP contribution >= 0.6 is 23.2 Å². The van der Waals surface area contributed by atoms with Gasteiger partial charge in [-0.25, -0.2) is 0 Å². The molecule has 3 rings (SSSR count). The van der Waals surface area contributed by atoms with Crippen LogP contribution in [-0.4, -0.2) is 9.90 Å². The van der Waals surface area contributed by atoms with E-state index < -0.39 is 0 Å². The molecule has 0 saturated carbocycles. The molecule has 3 aromatic rings. The fourth-order valence-corrected chi connectivity index (χ4v) is 2.10. The van der Waals surface area contributed by atoms with E-state index in [2.05, 4.69) is 5.10 Å². The maximum Gasteiger partial charge on any atom is 0.251 e.